The fraction of sp³-hybridized carbons (Fsp3) is 0.133. The lowest BCUT2D eigenvalue weighted by atomic mass is 10.1. The number of benzene rings is 1. The summed E-state index contributed by atoms with van der Waals surface area (Å²) in [6, 6.07) is 9.70. The van der Waals surface area contributed by atoms with E-state index in [2.05, 4.69) is 18.0 Å². The van der Waals surface area contributed by atoms with Crippen LogP contribution in [0.5, 0.6) is 0 Å². The number of rotatable bonds is 2. The number of hydrogen-bond donors (Lipinski definition) is 2. The van der Waals surface area contributed by atoms with Crippen molar-refractivity contribution in [2.24, 2.45) is 7.05 Å². The molecule has 0 saturated heterocycles. The number of nitrogens with zero attached hydrogens (tertiary/aromatic N) is 1. The van der Waals surface area contributed by atoms with Crippen LogP contribution in [0.1, 0.15) is 15.9 Å². The molecule has 19 heavy (non-hydrogen) atoms. The summed E-state index contributed by atoms with van der Waals surface area (Å²) in [4.78, 5) is 14.2. The van der Waals surface area contributed by atoms with Crippen LogP contribution in [0.25, 0.3) is 22.3 Å². The minimum atomic E-state index is -0.918. The molecule has 2 heterocycles. The van der Waals surface area contributed by atoms with Gasteiger partial charge in [-0.1, -0.05) is 18.2 Å². The normalized spacial score (nSPS) is 11.1. The first-order valence-corrected chi connectivity index (χ1v) is 6.05. The number of nitrogens with one attached hydrogen (secondary N) is 1. The summed E-state index contributed by atoms with van der Waals surface area (Å²) in [5.74, 6) is -0.918. The van der Waals surface area contributed by atoms with Crippen LogP contribution in [-0.2, 0) is 7.05 Å². The van der Waals surface area contributed by atoms with Gasteiger partial charge in [0.2, 0.25) is 0 Å². The van der Waals surface area contributed by atoms with E-state index < -0.39 is 5.97 Å². The zero-order valence-corrected chi connectivity index (χ0v) is 10.8. The number of aromatic nitrogens is 2. The monoisotopic (exact) mass is 254 g/mol. The van der Waals surface area contributed by atoms with Crippen molar-refractivity contribution in [3.8, 4) is 11.4 Å². The number of carboxylic acid groups (broad SMARTS) is 1. The van der Waals surface area contributed by atoms with Crippen LogP contribution in [0.15, 0.2) is 36.5 Å². The Bertz CT molecular complexity index is 781. The molecule has 3 rings (SSSR count). The third-order valence-electron chi connectivity index (χ3n) is 3.49. The lowest BCUT2D eigenvalue weighted by molar-refractivity contribution is 0.0698. The summed E-state index contributed by atoms with van der Waals surface area (Å²) in [6.07, 6.45) is 1.66. The van der Waals surface area contributed by atoms with Gasteiger partial charge in [0.25, 0.3) is 0 Å². The first-order valence-electron chi connectivity index (χ1n) is 6.05. The average Bonchev–Trinajstić information content (AvgIpc) is 2.94. The Labute approximate surface area is 110 Å². The predicted octanol–water partition coefficient (Wildman–Crippen LogP) is 3.18. The van der Waals surface area contributed by atoms with E-state index in [1.807, 2.05) is 29.8 Å². The third kappa shape index (κ3) is 1.64. The van der Waals surface area contributed by atoms with Crippen LogP contribution in [-0.4, -0.2) is 20.6 Å². The largest absolute Gasteiger partial charge is 0.478 e. The molecule has 0 atom stereocenters. The fourth-order valence-electron chi connectivity index (χ4n) is 2.62. The predicted molar refractivity (Wildman–Crippen MR) is 74.4 cm³/mol. The van der Waals surface area contributed by atoms with Crippen LogP contribution in [0.2, 0.25) is 0 Å². The van der Waals surface area contributed by atoms with Gasteiger partial charge in [-0.25, -0.2) is 4.79 Å². The maximum absolute atomic E-state index is 11.2. The molecule has 0 spiro atoms. The molecule has 3 aromatic rings. The van der Waals surface area contributed by atoms with E-state index in [1.54, 1.807) is 12.3 Å². The Morgan fingerprint density at radius 2 is 2.11 bits per heavy atom. The number of H-pyrrole nitrogens is 1. The van der Waals surface area contributed by atoms with Crippen LogP contribution in [0.3, 0.4) is 0 Å². The number of hydrogen-bond acceptors (Lipinski definition) is 1. The molecule has 0 amide bonds. The van der Waals surface area contributed by atoms with Gasteiger partial charge in [0.1, 0.15) is 0 Å². The van der Waals surface area contributed by atoms with Crippen LogP contribution < -0.4 is 0 Å². The molecule has 0 saturated carbocycles. The SMILES string of the molecule is Cc1cccc2cc(-c3[nH]ccc3C(=O)O)n(C)c12. The van der Waals surface area contributed by atoms with Gasteiger partial charge in [-0.05, 0) is 24.6 Å². The Morgan fingerprint density at radius 3 is 2.79 bits per heavy atom. The molecule has 2 N–H and O–H groups in total. The summed E-state index contributed by atoms with van der Waals surface area (Å²) in [5, 5.41) is 10.3. The van der Waals surface area contributed by atoms with E-state index in [9.17, 15) is 9.90 Å². The molecule has 0 aliphatic heterocycles. The second-order valence-electron chi connectivity index (χ2n) is 4.67. The number of carboxylic acids is 1. The van der Waals surface area contributed by atoms with Gasteiger partial charge in [0, 0.05) is 18.6 Å². The highest BCUT2D eigenvalue weighted by molar-refractivity contribution is 5.97. The Kier molecular flexibility index (Phi) is 2.45. The van der Waals surface area contributed by atoms with Crippen LogP contribution >= 0.6 is 0 Å². The highest BCUT2D eigenvalue weighted by atomic mass is 16.4. The molecular formula is C15H14N2O2. The topological polar surface area (TPSA) is 58.0 Å². The Morgan fingerprint density at radius 1 is 1.32 bits per heavy atom. The van der Waals surface area contributed by atoms with E-state index in [-0.39, 0.29) is 0 Å². The number of aromatic amines is 1. The van der Waals surface area contributed by atoms with E-state index >= 15 is 0 Å². The number of carbonyl (C=O) groups is 1. The van der Waals surface area contributed by atoms with E-state index in [0.717, 1.165) is 16.6 Å². The summed E-state index contributed by atoms with van der Waals surface area (Å²) < 4.78 is 2.03. The van der Waals surface area contributed by atoms with E-state index in [1.165, 1.54) is 5.56 Å². The molecule has 0 fully saturated rings. The van der Waals surface area contributed by atoms with E-state index in [0.29, 0.717) is 11.3 Å². The van der Waals surface area contributed by atoms with Gasteiger partial charge in [0.05, 0.1) is 22.5 Å². The molecule has 0 bridgehead atoms. The number of fused-ring (bicyclic) bond motifs is 1. The van der Waals surface area contributed by atoms with Gasteiger partial charge >= 0.3 is 5.97 Å². The number of para-hydroxylation sites is 1. The van der Waals surface area contributed by atoms with Gasteiger partial charge < -0.3 is 14.7 Å². The fourth-order valence-corrected chi connectivity index (χ4v) is 2.62. The molecule has 0 aliphatic carbocycles. The summed E-state index contributed by atoms with van der Waals surface area (Å²) in [5.41, 5.74) is 4.12. The summed E-state index contributed by atoms with van der Waals surface area (Å²) >= 11 is 0. The molecular weight excluding hydrogens is 240 g/mol. The lowest BCUT2D eigenvalue weighted by Crippen LogP contribution is -2.00. The van der Waals surface area contributed by atoms with Crippen LogP contribution in [0.4, 0.5) is 0 Å². The summed E-state index contributed by atoms with van der Waals surface area (Å²) in [6.45, 7) is 2.05. The minimum absolute atomic E-state index is 0.295. The highest BCUT2D eigenvalue weighted by Gasteiger charge is 2.17. The molecule has 4 nitrogen and oxygen atoms in total. The van der Waals surface area contributed by atoms with Gasteiger partial charge in [0.15, 0.2) is 0 Å². The second kappa shape index (κ2) is 4.02. The van der Waals surface area contributed by atoms with Gasteiger partial charge in [-0.15, -0.1) is 0 Å². The molecule has 96 valence electrons. The molecule has 0 radical (unpaired) electrons. The molecule has 4 heteroatoms. The quantitative estimate of drug-likeness (QED) is 0.738. The Hall–Kier alpha value is -2.49. The standard InChI is InChI=1S/C15H14N2O2/c1-9-4-3-5-10-8-12(17(2)14(9)10)13-11(15(18)19)6-7-16-13/h3-8,16H,1-2H3,(H,18,19). The minimum Gasteiger partial charge on any atom is -0.478 e. The number of aryl methyl sites for hydroxylation is 2. The van der Waals surface area contributed by atoms with Gasteiger partial charge in [-0.3, -0.25) is 0 Å². The van der Waals surface area contributed by atoms with Crippen molar-refractivity contribution in [1.82, 2.24) is 9.55 Å². The zero-order chi connectivity index (χ0) is 13.6. The van der Waals surface area contributed by atoms with Crippen molar-refractivity contribution in [2.45, 2.75) is 6.92 Å². The van der Waals surface area contributed by atoms with Gasteiger partial charge in [-0.2, -0.15) is 0 Å². The smallest absolute Gasteiger partial charge is 0.337 e. The number of aromatic carboxylic acids is 1. The van der Waals surface area contributed by atoms with Crippen molar-refractivity contribution < 1.29 is 9.90 Å². The average molecular weight is 254 g/mol. The van der Waals surface area contributed by atoms with E-state index in [4.69, 9.17) is 0 Å². The maximum atomic E-state index is 11.2. The van der Waals surface area contributed by atoms with Crippen molar-refractivity contribution in [2.75, 3.05) is 0 Å². The lowest BCUT2D eigenvalue weighted by Gasteiger charge is -2.05. The molecule has 2 aromatic heterocycles. The maximum Gasteiger partial charge on any atom is 0.337 e. The third-order valence-corrected chi connectivity index (χ3v) is 3.49. The van der Waals surface area contributed by atoms with Crippen molar-refractivity contribution in [1.29, 1.82) is 0 Å². The first kappa shape index (κ1) is 11.6. The van der Waals surface area contributed by atoms with Crippen LogP contribution in [0, 0.1) is 6.92 Å². The Balaban J connectivity index is 2.32. The van der Waals surface area contributed by atoms with Crippen molar-refractivity contribution >= 4 is 16.9 Å². The van der Waals surface area contributed by atoms with Crippen molar-refractivity contribution in [3.63, 3.8) is 0 Å². The van der Waals surface area contributed by atoms with Crippen molar-refractivity contribution in [3.05, 3.63) is 47.7 Å². The highest BCUT2D eigenvalue weighted by Crippen LogP contribution is 2.30. The second-order valence-corrected chi connectivity index (χ2v) is 4.67. The molecule has 0 unspecified atom stereocenters. The molecule has 0 aliphatic rings. The first-order chi connectivity index (χ1) is 9.09. The zero-order valence-electron chi connectivity index (χ0n) is 10.8. The summed E-state index contributed by atoms with van der Waals surface area (Å²) in [7, 11) is 1.96. The molecule has 1 aromatic carbocycles.